The number of rotatable bonds is 7. The second-order valence-corrected chi connectivity index (χ2v) is 3.89. The Morgan fingerprint density at radius 3 is 2.32 bits per heavy atom. The molecule has 0 saturated carbocycles. The quantitative estimate of drug-likeness (QED) is 0.743. The van der Waals surface area contributed by atoms with Gasteiger partial charge in [-0.25, -0.2) is 9.59 Å². The molecule has 0 aliphatic carbocycles. The number of aromatic carboxylic acids is 1. The maximum Gasteiger partial charge on any atom is 0.412 e. The van der Waals surface area contributed by atoms with E-state index in [4.69, 9.17) is 18.9 Å². The van der Waals surface area contributed by atoms with Crippen LogP contribution in [0.25, 0.3) is 0 Å². The average Bonchev–Trinajstić information content (AvgIpc) is 2.51. The van der Waals surface area contributed by atoms with Crippen molar-refractivity contribution in [1.82, 2.24) is 0 Å². The van der Waals surface area contributed by atoms with Gasteiger partial charge >= 0.3 is 12.1 Å². The van der Waals surface area contributed by atoms with Gasteiger partial charge in [0.15, 0.2) is 11.5 Å². The minimum atomic E-state index is -1.28. The molecule has 1 amide bonds. The van der Waals surface area contributed by atoms with Crippen molar-refractivity contribution in [2.75, 3.05) is 33.3 Å². The molecule has 8 heteroatoms. The van der Waals surface area contributed by atoms with E-state index in [0.29, 0.717) is 0 Å². The number of carboxylic acid groups (broad SMARTS) is 1. The fourth-order valence-corrected chi connectivity index (χ4v) is 1.72. The van der Waals surface area contributed by atoms with E-state index < -0.39 is 12.1 Å². The fourth-order valence-electron chi connectivity index (χ4n) is 1.72. The lowest BCUT2D eigenvalue weighted by Gasteiger charge is -2.18. The van der Waals surface area contributed by atoms with E-state index in [0.717, 1.165) is 0 Å². The molecule has 1 aromatic rings. The maximum atomic E-state index is 11.7. The first-order chi connectivity index (χ1) is 10.5. The second kappa shape index (κ2) is 7.77. The summed E-state index contributed by atoms with van der Waals surface area (Å²) in [4.78, 5) is 23.1. The van der Waals surface area contributed by atoms with Gasteiger partial charge in [0.2, 0.25) is 5.75 Å². The number of carbonyl (C=O) groups excluding carboxylic acids is 1. The van der Waals surface area contributed by atoms with Crippen molar-refractivity contribution in [3.05, 3.63) is 24.3 Å². The van der Waals surface area contributed by atoms with Gasteiger partial charge in [0, 0.05) is 6.07 Å². The number of carbonyl (C=O) groups is 2. The first-order valence-corrected chi connectivity index (χ1v) is 6.11. The summed E-state index contributed by atoms with van der Waals surface area (Å²) >= 11 is 0. The standard InChI is InChI=1S/C14H17NO7/c1-5-6-22-14(18)15-10-8(13(16)17)7-9(19-2)11(20-3)12(10)21-4/h5,7H,1,6H2,2-4H3,(H,15,18)(H,16,17). The van der Waals surface area contributed by atoms with Crippen LogP contribution in [0, 0.1) is 0 Å². The van der Waals surface area contributed by atoms with Gasteiger partial charge in [-0.1, -0.05) is 12.7 Å². The van der Waals surface area contributed by atoms with Crippen LogP contribution < -0.4 is 19.5 Å². The summed E-state index contributed by atoms with van der Waals surface area (Å²) in [6.07, 6.45) is 0.525. The average molecular weight is 311 g/mol. The Morgan fingerprint density at radius 1 is 1.23 bits per heavy atom. The highest BCUT2D eigenvalue weighted by atomic mass is 16.6. The molecule has 0 radical (unpaired) electrons. The molecule has 0 saturated heterocycles. The van der Waals surface area contributed by atoms with Crippen molar-refractivity contribution in [2.45, 2.75) is 0 Å². The predicted octanol–water partition coefficient (Wildman–Crippen LogP) is 2.15. The zero-order valence-electron chi connectivity index (χ0n) is 12.5. The van der Waals surface area contributed by atoms with Crippen molar-refractivity contribution < 1.29 is 33.6 Å². The SMILES string of the molecule is C=CCOC(=O)Nc1c(C(=O)O)cc(OC)c(OC)c1OC. The topological polar surface area (TPSA) is 103 Å². The van der Waals surface area contributed by atoms with Gasteiger partial charge in [-0.05, 0) is 0 Å². The number of hydrogen-bond donors (Lipinski definition) is 2. The third-order valence-electron chi connectivity index (χ3n) is 2.62. The van der Waals surface area contributed by atoms with Crippen LogP contribution in [0.15, 0.2) is 18.7 Å². The van der Waals surface area contributed by atoms with Crippen molar-refractivity contribution in [3.63, 3.8) is 0 Å². The summed E-state index contributed by atoms with van der Waals surface area (Å²) in [5.41, 5.74) is -0.327. The summed E-state index contributed by atoms with van der Waals surface area (Å²) in [5, 5.41) is 11.6. The van der Waals surface area contributed by atoms with Crippen LogP contribution in [0.5, 0.6) is 17.2 Å². The number of amides is 1. The number of carboxylic acids is 1. The van der Waals surface area contributed by atoms with Crippen molar-refractivity contribution in [3.8, 4) is 17.2 Å². The number of hydrogen-bond acceptors (Lipinski definition) is 6. The molecule has 1 aromatic carbocycles. The maximum absolute atomic E-state index is 11.7. The highest BCUT2D eigenvalue weighted by molar-refractivity contribution is 6.02. The van der Waals surface area contributed by atoms with Gasteiger partial charge in [-0.2, -0.15) is 0 Å². The van der Waals surface area contributed by atoms with Crippen LogP contribution in [-0.4, -0.2) is 45.1 Å². The van der Waals surface area contributed by atoms with E-state index >= 15 is 0 Å². The number of ether oxygens (including phenoxy) is 4. The third-order valence-corrected chi connectivity index (χ3v) is 2.62. The van der Waals surface area contributed by atoms with Crippen LogP contribution in [-0.2, 0) is 4.74 Å². The monoisotopic (exact) mass is 311 g/mol. The lowest BCUT2D eigenvalue weighted by atomic mass is 10.1. The minimum Gasteiger partial charge on any atom is -0.493 e. The molecule has 0 bridgehead atoms. The Morgan fingerprint density at radius 2 is 1.86 bits per heavy atom. The first kappa shape index (κ1) is 17.2. The Bertz CT molecular complexity index is 583. The second-order valence-electron chi connectivity index (χ2n) is 3.89. The van der Waals surface area contributed by atoms with Gasteiger partial charge in [0.25, 0.3) is 0 Å². The van der Waals surface area contributed by atoms with Crippen LogP contribution in [0.2, 0.25) is 0 Å². The van der Waals surface area contributed by atoms with E-state index in [1.807, 2.05) is 0 Å². The van der Waals surface area contributed by atoms with Gasteiger partial charge < -0.3 is 24.1 Å². The number of methoxy groups -OCH3 is 3. The highest BCUT2D eigenvalue weighted by Crippen LogP contribution is 2.45. The molecule has 0 fully saturated rings. The molecule has 0 heterocycles. The third kappa shape index (κ3) is 3.60. The van der Waals surface area contributed by atoms with E-state index in [2.05, 4.69) is 11.9 Å². The van der Waals surface area contributed by atoms with Gasteiger partial charge in [-0.15, -0.1) is 0 Å². The number of nitrogens with one attached hydrogen (secondary N) is 1. The Labute approximate surface area is 127 Å². The van der Waals surface area contributed by atoms with Crippen molar-refractivity contribution in [1.29, 1.82) is 0 Å². The van der Waals surface area contributed by atoms with Crippen molar-refractivity contribution >= 4 is 17.7 Å². The van der Waals surface area contributed by atoms with E-state index in [-0.39, 0.29) is 35.1 Å². The lowest BCUT2D eigenvalue weighted by Crippen LogP contribution is -2.17. The first-order valence-electron chi connectivity index (χ1n) is 6.11. The summed E-state index contributed by atoms with van der Waals surface area (Å²) < 4.78 is 20.1. The summed E-state index contributed by atoms with van der Waals surface area (Å²) in [6.45, 7) is 3.38. The van der Waals surface area contributed by atoms with E-state index in [9.17, 15) is 14.7 Å². The molecule has 0 aromatic heterocycles. The van der Waals surface area contributed by atoms with Crippen molar-refractivity contribution in [2.24, 2.45) is 0 Å². The van der Waals surface area contributed by atoms with Crippen LogP contribution >= 0.6 is 0 Å². The molecule has 0 unspecified atom stereocenters. The Balaban J connectivity index is 3.40. The lowest BCUT2D eigenvalue weighted by molar-refractivity contribution is 0.0697. The molecule has 0 atom stereocenters. The largest absolute Gasteiger partial charge is 0.493 e. The Kier molecular flexibility index (Phi) is 6.06. The molecule has 8 nitrogen and oxygen atoms in total. The van der Waals surface area contributed by atoms with E-state index in [1.165, 1.54) is 33.5 Å². The Hall–Kier alpha value is -2.90. The number of anilines is 1. The van der Waals surface area contributed by atoms with Gasteiger partial charge in [0.1, 0.15) is 12.3 Å². The molecule has 120 valence electrons. The molecule has 0 aliphatic rings. The fraction of sp³-hybridized carbons (Fsp3) is 0.286. The molecule has 1 rings (SSSR count). The predicted molar refractivity (Wildman–Crippen MR) is 78.2 cm³/mol. The smallest absolute Gasteiger partial charge is 0.412 e. The van der Waals surface area contributed by atoms with E-state index in [1.54, 1.807) is 0 Å². The van der Waals surface area contributed by atoms with Gasteiger partial charge in [-0.3, -0.25) is 5.32 Å². The molecular weight excluding hydrogens is 294 g/mol. The molecule has 2 N–H and O–H groups in total. The van der Waals surface area contributed by atoms with Gasteiger partial charge in [0.05, 0.1) is 26.9 Å². The molecular formula is C14H17NO7. The van der Waals surface area contributed by atoms with Crippen LogP contribution in [0.4, 0.5) is 10.5 Å². The van der Waals surface area contributed by atoms with Crippen LogP contribution in [0.1, 0.15) is 10.4 Å². The normalized spacial score (nSPS) is 9.59. The highest BCUT2D eigenvalue weighted by Gasteiger charge is 2.25. The molecule has 0 aliphatic heterocycles. The summed E-state index contributed by atoms with van der Waals surface area (Å²) in [7, 11) is 4.03. The molecule has 0 spiro atoms. The zero-order chi connectivity index (χ0) is 16.7. The summed E-state index contributed by atoms with van der Waals surface area (Å²) in [6, 6.07) is 1.22. The van der Waals surface area contributed by atoms with Crippen LogP contribution in [0.3, 0.4) is 0 Å². The minimum absolute atomic E-state index is 0.00908. The summed E-state index contributed by atoms with van der Waals surface area (Å²) in [5.74, 6) is -0.969. The molecule has 22 heavy (non-hydrogen) atoms. The zero-order valence-corrected chi connectivity index (χ0v) is 12.5. The number of benzene rings is 1.